The Kier molecular flexibility index (Phi) is 9.37. The Morgan fingerprint density at radius 3 is 2.20 bits per heavy atom. The first-order chi connectivity index (χ1) is 19.4. The quantitative estimate of drug-likeness (QED) is 0.122. The van der Waals surface area contributed by atoms with Crippen LogP contribution in [0.2, 0.25) is 0 Å². The summed E-state index contributed by atoms with van der Waals surface area (Å²) in [5, 5.41) is 30.1. The van der Waals surface area contributed by atoms with Crippen molar-refractivity contribution in [1.82, 2.24) is 25.6 Å². The predicted octanol–water partition coefficient (Wildman–Crippen LogP) is 3.62. The van der Waals surface area contributed by atoms with Crippen molar-refractivity contribution in [1.29, 1.82) is 0 Å². The van der Waals surface area contributed by atoms with Gasteiger partial charge in [-0.3, -0.25) is 14.8 Å². The van der Waals surface area contributed by atoms with E-state index in [0.29, 0.717) is 24.4 Å². The normalized spacial score (nSPS) is 11.6. The molecule has 4 rings (SSSR count). The van der Waals surface area contributed by atoms with Crippen LogP contribution < -0.4 is 10.8 Å². The summed E-state index contributed by atoms with van der Waals surface area (Å²) < 4.78 is 1.93. The highest BCUT2D eigenvalue weighted by Crippen LogP contribution is 2.24. The lowest BCUT2D eigenvalue weighted by Crippen LogP contribution is -2.41. The minimum absolute atomic E-state index is 0.0453. The molecule has 1 heterocycles. The van der Waals surface area contributed by atoms with E-state index in [1.54, 1.807) is 29.7 Å². The monoisotopic (exact) mass is 541 g/mol. The number of hydrogen-bond acceptors (Lipinski definition) is 6. The predicted molar refractivity (Wildman–Crippen MR) is 147 cm³/mol. The van der Waals surface area contributed by atoms with E-state index in [0.717, 1.165) is 28.9 Å². The Labute approximate surface area is 231 Å². The van der Waals surface area contributed by atoms with Crippen LogP contribution in [0.15, 0.2) is 78.9 Å². The number of aromatic carboxylic acids is 1. The second kappa shape index (κ2) is 13.3. The van der Waals surface area contributed by atoms with Crippen molar-refractivity contribution in [2.75, 3.05) is 0 Å². The molecule has 0 aliphatic heterocycles. The fourth-order valence-corrected chi connectivity index (χ4v) is 4.51. The van der Waals surface area contributed by atoms with E-state index in [9.17, 15) is 24.7 Å². The molecule has 0 saturated carbocycles. The molecular weight excluding hydrogens is 510 g/mol. The number of carbonyl (C=O) groups excluding carboxylic acids is 2. The van der Waals surface area contributed by atoms with Crippen LogP contribution in [0.1, 0.15) is 46.5 Å². The van der Waals surface area contributed by atoms with Gasteiger partial charge in [0.15, 0.2) is 5.82 Å². The van der Waals surface area contributed by atoms with Gasteiger partial charge >= 0.3 is 5.97 Å². The second-order valence-electron chi connectivity index (χ2n) is 9.35. The lowest BCUT2D eigenvalue weighted by Gasteiger charge is -2.16. The van der Waals surface area contributed by atoms with Gasteiger partial charge in [-0.15, -0.1) is 10.2 Å². The van der Waals surface area contributed by atoms with Gasteiger partial charge in [-0.1, -0.05) is 79.7 Å². The number of hydrogen-bond donors (Lipinski definition) is 4. The minimum Gasteiger partial charge on any atom is -0.478 e. The third-order valence-corrected chi connectivity index (χ3v) is 6.59. The minimum atomic E-state index is -1.12. The first-order valence-electron chi connectivity index (χ1n) is 13.0. The first kappa shape index (κ1) is 28.2. The van der Waals surface area contributed by atoms with Crippen molar-refractivity contribution in [2.45, 2.75) is 39.3 Å². The summed E-state index contributed by atoms with van der Waals surface area (Å²) in [6, 6.07) is 23.6. The first-order valence-corrected chi connectivity index (χ1v) is 13.0. The molecule has 0 fully saturated rings. The topological polar surface area (TPSA) is 146 Å². The Morgan fingerprint density at radius 1 is 0.850 bits per heavy atom. The summed E-state index contributed by atoms with van der Waals surface area (Å²) in [5.74, 6) is -2.15. The Bertz CT molecular complexity index is 1470. The average Bonchev–Trinajstić information content (AvgIpc) is 3.36. The molecule has 0 saturated heterocycles. The number of aromatic nitrogens is 3. The maximum absolute atomic E-state index is 13.0. The summed E-state index contributed by atoms with van der Waals surface area (Å²) in [6.07, 6.45) is 1.67. The smallest absolute Gasteiger partial charge is 0.336 e. The lowest BCUT2D eigenvalue weighted by molar-refractivity contribution is -0.140. The third-order valence-electron chi connectivity index (χ3n) is 6.59. The van der Waals surface area contributed by atoms with Crippen LogP contribution in [0.3, 0.4) is 0 Å². The van der Waals surface area contributed by atoms with E-state index in [2.05, 4.69) is 15.5 Å². The summed E-state index contributed by atoms with van der Waals surface area (Å²) in [6.45, 7) is 2.53. The van der Waals surface area contributed by atoms with E-state index in [4.69, 9.17) is 0 Å². The van der Waals surface area contributed by atoms with Gasteiger partial charge in [0.05, 0.1) is 18.7 Å². The highest BCUT2D eigenvalue weighted by atomic mass is 16.5. The van der Waals surface area contributed by atoms with E-state index in [1.807, 2.05) is 66.1 Å². The number of carbonyl (C=O) groups is 3. The van der Waals surface area contributed by atoms with Crippen LogP contribution in [0.5, 0.6) is 0 Å². The van der Waals surface area contributed by atoms with Gasteiger partial charge in [0.25, 0.3) is 5.91 Å². The largest absolute Gasteiger partial charge is 0.478 e. The van der Waals surface area contributed by atoms with E-state index in [-0.39, 0.29) is 18.5 Å². The molecular formula is C30H31N5O5. The number of amides is 2. The molecule has 1 aromatic heterocycles. The molecule has 10 nitrogen and oxygen atoms in total. The highest BCUT2D eigenvalue weighted by Gasteiger charge is 2.27. The average molecular weight is 542 g/mol. The Balaban J connectivity index is 1.51. The summed E-state index contributed by atoms with van der Waals surface area (Å²) >= 11 is 0. The van der Waals surface area contributed by atoms with Gasteiger partial charge < -0.3 is 15.0 Å². The molecule has 1 atom stereocenters. The van der Waals surface area contributed by atoms with Crippen LogP contribution in [0.4, 0.5) is 0 Å². The van der Waals surface area contributed by atoms with Crippen molar-refractivity contribution in [3.8, 4) is 11.1 Å². The summed E-state index contributed by atoms with van der Waals surface area (Å²) in [7, 11) is 0. The molecule has 0 aliphatic carbocycles. The van der Waals surface area contributed by atoms with Crippen LogP contribution >= 0.6 is 0 Å². The maximum atomic E-state index is 13.0. The lowest BCUT2D eigenvalue weighted by atomic mass is 9.98. The van der Waals surface area contributed by atoms with E-state index in [1.165, 1.54) is 0 Å². The zero-order chi connectivity index (χ0) is 28.5. The second-order valence-corrected chi connectivity index (χ2v) is 9.35. The summed E-state index contributed by atoms with van der Waals surface area (Å²) in [5.41, 5.74) is 4.98. The van der Waals surface area contributed by atoms with Crippen LogP contribution in [-0.4, -0.2) is 42.9 Å². The molecule has 40 heavy (non-hydrogen) atoms. The van der Waals surface area contributed by atoms with Gasteiger partial charge in [-0.2, -0.15) is 0 Å². The molecule has 4 aromatic rings. The molecule has 0 bridgehead atoms. The maximum Gasteiger partial charge on any atom is 0.336 e. The van der Waals surface area contributed by atoms with Gasteiger partial charge in [-0.25, -0.2) is 10.3 Å². The molecule has 3 aromatic carbocycles. The molecule has 1 unspecified atom stereocenters. The number of benzene rings is 3. The van der Waals surface area contributed by atoms with E-state index >= 15 is 0 Å². The SMILES string of the molecule is CCCc1nnc(CNC(=O)C(Cc2ccccc2)C(=O)NO)n1Cc1ccc(-c2ccccc2C(=O)O)cc1. The number of rotatable bonds is 12. The molecule has 206 valence electrons. The fourth-order valence-electron chi connectivity index (χ4n) is 4.51. The zero-order valence-corrected chi connectivity index (χ0v) is 22.1. The molecule has 0 aliphatic rings. The Hall–Kier alpha value is -4.83. The third kappa shape index (κ3) is 6.78. The molecule has 4 N–H and O–H groups in total. The van der Waals surface area contributed by atoms with Crippen LogP contribution in [-0.2, 0) is 35.5 Å². The Morgan fingerprint density at radius 2 is 1.52 bits per heavy atom. The van der Waals surface area contributed by atoms with Crippen LogP contribution in [0, 0.1) is 5.92 Å². The number of aryl methyl sites for hydroxylation is 1. The number of nitrogens with zero attached hydrogens (tertiary/aromatic N) is 3. The van der Waals surface area contributed by atoms with Crippen molar-refractivity contribution in [3.63, 3.8) is 0 Å². The fraction of sp³-hybridized carbons (Fsp3) is 0.233. The number of hydroxylamine groups is 1. The zero-order valence-electron chi connectivity index (χ0n) is 22.1. The van der Waals surface area contributed by atoms with Gasteiger partial charge in [0.1, 0.15) is 11.7 Å². The van der Waals surface area contributed by atoms with Crippen molar-refractivity contribution in [2.24, 2.45) is 5.92 Å². The standard InChI is InChI=1S/C30H31N5O5/c1-2-8-26-32-33-27(18-31-28(36)25(29(37)34-40)17-20-9-4-3-5-10-20)35(26)19-21-13-15-22(16-14-21)23-11-6-7-12-24(23)30(38)39/h3-7,9-16,25,40H,2,8,17-19H2,1H3,(H,31,36)(H,34,37)(H,38,39). The highest BCUT2D eigenvalue weighted by molar-refractivity contribution is 6.00. The van der Waals surface area contributed by atoms with Crippen LogP contribution in [0.25, 0.3) is 11.1 Å². The van der Waals surface area contributed by atoms with Crippen molar-refractivity contribution in [3.05, 3.63) is 107 Å². The molecule has 2 amide bonds. The molecule has 0 spiro atoms. The summed E-state index contributed by atoms with van der Waals surface area (Å²) in [4.78, 5) is 36.9. The molecule has 10 heteroatoms. The number of nitrogens with one attached hydrogen (secondary N) is 2. The number of carboxylic acids is 1. The molecule has 0 radical (unpaired) electrons. The van der Waals surface area contributed by atoms with Gasteiger partial charge in [0, 0.05) is 6.42 Å². The number of carboxylic acid groups (broad SMARTS) is 1. The van der Waals surface area contributed by atoms with Crippen molar-refractivity contribution < 1.29 is 24.7 Å². The van der Waals surface area contributed by atoms with E-state index < -0.39 is 23.7 Å². The van der Waals surface area contributed by atoms with Crippen molar-refractivity contribution >= 4 is 17.8 Å². The van der Waals surface area contributed by atoms with Gasteiger partial charge in [0.2, 0.25) is 5.91 Å². The van der Waals surface area contributed by atoms with Gasteiger partial charge in [-0.05, 0) is 41.2 Å².